The van der Waals surface area contributed by atoms with Gasteiger partial charge in [0, 0.05) is 6.54 Å². The van der Waals surface area contributed by atoms with Gasteiger partial charge in [-0.05, 0) is 43.3 Å². The number of H-pyrrole nitrogens is 1. The van der Waals surface area contributed by atoms with Crippen LogP contribution in [0.3, 0.4) is 0 Å². The number of nitrogens with zero attached hydrogens (tertiary/aromatic N) is 1. The monoisotopic (exact) mass is 276 g/mol. The fourth-order valence-electron chi connectivity index (χ4n) is 2.55. The summed E-state index contributed by atoms with van der Waals surface area (Å²) < 4.78 is 3.10. The Labute approximate surface area is 120 Å². The molecule has 0 spiro atoms. The number of imidazole rings is 1. The predicted octanol–water partition coefficient (Wildman–Crippen LogP) is 5.37. The third kappa shape index (κ3) is 3.69. The van der Waals surface area contributed by atoms with Crippen LogP contribution in [0, 0.1) is 11.7 Å². The lowest BCUT2D eigenvalue weighted by atomic mass is 10.1. The fourth-order valence-corrected chi connectivity index (χ4v) is 2.85. The van der Waals surface area contributed by atoms with Crippen LogP contribution in [0.2, 0.25) is 0 Å². The number of aryl methyl sites for hydroxylation is 2. The van der Waals surface area contributed by atoms with E-state index in [1.165, 1.54) is 49.6 Å². The number of unbranched alkanes of at least 4 members (excludes halogenated alkanes) is 5. The Hall–Kier alpha value is -1.09. The topological polar surface area (TPSA) is 20.7 Å². The van der Waals surface area contributed by atoms with Crippen molar-refractivity contribution in [2.45, 2.75) is 58.9 Å². The second-order valence-corrected chi connectivity index (χ2v) is 5.76. The summed E-state index contributed by atoms with van der Waals surface area (Å²) in [7, 11) is 0. The second-order valence-electron chi connectivity index (χ2n) is 5.37. The molecule has 1 N–H and O–H groups in total. The Balaban J connectivity index is 1.97. The van der Waals surface area contributed by atoms with Crippen molar-refractivity contribution in [2.75, 3.05) is 0 Å². The largest absolute Gasteiger partial charge is 0.331 e. The lowest BCUT2D eigenvalue weighted by molar-refractivity contribution is 0.561. The van der Waals surface area contributed by atoms with Gasteiger partial charge in [0.25, 0.3) is 0 Å². The minimum Gasteiger partial charge on any atom is -0.331 e. The molecule has 2 aromatic rings. The minimum absolute atomic E-state index is 0.856. The summed E-state index contributed by atoms with van der Waals surface area (Å²) in [5, 5.41) is 0. The quantitative estimate of drug-likeness (QED) is 0.532. The summed E-state index contributed by atoms with van der Waals surface area (Å²) in [6.07, 6.45) is 7.93. The molecule has 0 aliphatic rings. The number of hydrogen-bond acceptors (Lipinski definition) is 1. The molecule has 0 radical (unpaired) electrons. The third-order valence-corrected chi connectivity index (χ3v) is 3.99. The van der Waals surface area contributed by atoms with E-state index in [-0.39, 0.29) is 0 Å². The van der Waals surface area contributed by atoms with Crippen molar-refractivity contribution >= 4 is 23.3 Å². The van der Waals surface area contributed by atoms with E-state index in [4.69, 9.17) is 12.2 Å². The first-order chi connectivity index (χ1) is 9.22. The molecule has 1 aromatic heterocycles. The van der Waals surface area contributed by atoms with Gasteiger partial charge in [0.05, 0.1) is 11.0 Å². The Morgan fingerprint density at radius 1 is 1.11 bits per heavy atom. The van der Waals surface area contributed by atoms with Gasteiger partial charge in [-0.2, -0.15) is 0 Å². The van der Waals surface area contributed by atoms with E-state index in [2.05, 4.69) is 41.6 Å². The van der Waals surface area contributed by atoms with Crippen LogP contribution in [-0.2, 0) is 6.54 Å². The van der Waals surface area contributed by atoms with Crippen molar-refractivity contribution < 1.29 is 0 Å². The maximum Gasteiger partial charge on any atom is 0.178 e. The van der Waals surface area contributed by atoms with E-state index in [0.717, 1.165) is 16.8 Å². The molecular formula is C16H24N2S. The average Bonchev–Trinajstić information content (AvgIpc) is 2.69. The van der Waals surface area contributed by atoms with Gasteiger partial charge in [0.2, 0.25) is 0 Å². The summed E-state index contributed by atoms with van der Waals surface area (Å²) in [6, 6.07) is 6.50. The van der Waals surface area contributed by atoms with E-state index < -0.39 is 0 Å². The van der Waals surface area contributed by atoms with E-state index in [1.807, 2.05) is 0 Å². The van der Waals surface area contributed by atoms with Gasteiger partial charge in [-0.15, -0.1) is 0 Å². The van der Waals surface area contributed by atoms with Crippen LogP contribution in [0.1, 0.15) is 51.0 Å². The molecule has 0 aliphatic heterocycles. The van der Waals surface area contributed by atoms with Gasteiger partial charge in [0.15, 0.2) is 4.77 Å². The maximum absolute atomic E-state index is 5.42. The van der Waals surface area contributed by atoms with Gasteiger partial charge < -0.3 is 9.55 Å². The van der Waals surface area contributed by atoms with Crippen molar-refractivity contribution in [3.63, 3.8) is 0 Å². The zero-order valence-corrected chi connectivity index (χ0v) is 12.9. The highest BCUT2D eigenvalue weighted by molar-refractivity contribution is 7.71. The Bertz CT molecular complexity index is 580. The molecule has 1 aromatic carbocycles. The Kier molecular flexibility index (Phi) is 5.20. The van der Waals surface area contributed by atoms with E-state index in [9.17, 15) is 0 Å². The van der Waals surface area contributed by atoms with E-state index in [1.54, 1.807) is 0 Å². The number of nitrogens with one attached hydrogen (secondary N) is 1. The first-order valence-electron chi connectivity index (χ1n) is 7.41. The number of hydrogen-bond donors (Lipinski definition) is 1. The van der Waals surface area contributed by atoms with Crippen LogP contribution in [-0.4, -0.2) is 9.55 Å². The molecule has 0 amide bonds. The number of aromatic amines is 1. The molecule has 1 heterocycles. The SMILES string of the molecule is CCCCCCCCn1c(=S)[nH]c2cc(C)ccc21. The van der Waals surface area contributed by atoms with Crippen LogP contribution in [0.15, 0.2) is 18.2 Å². The lowest BCUT2D eigenvalue weighted by Gasteiger charge is -2.05. The van der Waals surface area contributed by atoms with Crippen molar-refractivity contribution in [3.05, 3.63) is 28.5 Å². The molecule has 0 fully saturated rings. The zero-order valence-electron chi connectivity index (χ0n) is 12.0. The Morgan fingerprint density at radius 3 is 2.63 bits per heavy atom. The normalized spacial score (nSPS) is 11.3. The molecule has 0 unspecified atom stereocenters. The van der Waals surface area contributed by atoms with Gasteiger partial charge in [0.1, 0.15) is 0 Å². The van der Waals surface area contributed by atoms with Gasteiger partial charge in [-0.25, -0.2) is 0 Å². The summed E-state index contributed by atoms with van der Waals surface area (Å²) in [5.74, 6) is 0. The molecule has 0 aliphatic carbocycles. The fraction of sp³-hybridized carbons (Fsp3) is 0.562. The van der Waals surface area contributed by atoms with Gasteiger partial charge in [-0.1, -0.05) is 45.1 Å². The van der Waals surface area contributed by atoms with Crippen molar-refractivity contribution in [1.82, 2.24) is 9.55 Å². The highest BCUT2D eigenvalue weighted by Crippen LogP contribution is 2.17. The number of aromatic nitrogens is 2. The van der Waals surface area contributed by atoms with Crippen LogP contribution in [0.25, 0.3) is 11.0 Å². The molecule has 0 saturated heterocycles. The van der Waals surface area contributed by atoms with Crippen LogP contribution in [0.4, 0.5) is 0 Å². The molecule has 2 rings (SSSR count). The summed E-state index contributed by atoms with van der Waals surface area (Å²) in [5.41, 5.74) is 3.68. The van der Waals surface area contributed by atoms with E-state index >= 15 is 0 Å². The molecular weight excluding hydrogens is 252 g/mol. The molecule has 19 heavy (non-hydrogen) atoms. The molecule has 3 heteroatoms. The maximum atomic E-state index is 5.42. The minimum atomic E-state index is 0.856. The van der Waals surface area contributed by atoms with E-state index in [0.29, 0.717) is 0 Å². The van der Waals surface area contributed by atoms with Crippen molar-refractivity contribution in [1.29, 1.82) is 0 Å². The van der Waals surface area contributed by atoms with Crippen LogP contribution < -0.4 is 0 Å². The summed E-state index contributed by atoms with van der Waals surface area (Å²) in [6.45, 7) is 5.41. The van der Waals surface area contributed by atoms with Crippen molar-refractivity contribution in [3.8, 4) is 0 Å². The van der Waals surface area contributed by atoms with Crippen LogP contribution in [0.5, 0.6) is 0 Å². The molecule has 104 valence electrons. The molecule has 0 saturated carbocycles. The van der Waals surface area contributed by atoms with Crippen LogP contribution >= 0.6 is 12.2 Å². The first-order valence-corrected chi connectivity index (χ1v) is 7.82. The summed E-state index contributed by atoms with van der Waals surface area (Å²) >= 11 is 5.42. The second kappa shape index (κ2) is 6.90. The smallest absolute Gasteiger partial charge is 0.178 e. The van der Waals surface area contributed by atoms with Gasteiger partial charge in [-0.3, -0.25) is 0 Å². The predicted molar refractivity (Wildman–Crippen MR) is 85.2 cm³/mol. The highest BCUT2D eigenvalue weighted by atomic mass is 32.1. The third-order valence-electron chi connectivity index (χ3n) is 3.66. The van der Waals surface area contributed by atoms with Crippen molar-refractivity contribution in [2.24, 2.45) is 0 Å². The standard InChI is InChI=1S/C16H24N2S/c1-3-4-5-6-7-8-11-18-15-10-9-13(2)12-14(15)17-16(18)19/h9-10,12H,3-8,11H2,1-2H3,(H,17,19). The first kappa shape index (κ1) is 14.3. The molecule has 0 bridgehead atoms. The zero-order chi connectivity index (χ0) is 13.7. The number of fused-ring (bicyclic) bond motifs is 1. The number of benzene rings is 1. The molecule has 2 nitrogen and oxygen atoms in total. The van der Waals surface area contributed by atoms with Gasteiger partial charge >= 0.3 is 0 Å². The number of rotatable bonds is 7. The summed E-state index contributed by atoms with van der Waals surface area (Å²) in [4.78, 5) is 3.31. The molecule has 0 atom stereocenters. The lowest BCUT2D eigenvalue weighted by Crippen LogP contribution is -1.98. The highest BCUT2D eigenvalue weighted by Gasteiger charge is 2.03. The average molecular weight is 276 g/mol. The Morgan fingerprint density at radius 2 is 1.84 bits per heavy atom.